The Bertz CT molecular complexity index is 1020. The van der Waals surface area contributed by atoms with Crippen LogP contribution in [0.4, 0.5) is 0 Å². The fourth-order valence-electron chi connectivity index (χ4n) is 4.49. The number of imidazole rings is 1. The lowest BCUT2D eigenvalue weighted by atomic mass is 9.71. The molecule has 154 valence electrons. The van der Waals surface area contributed by atoms with E-state index in [1.807, 2.05) is 43.6 Å². The summed E-state index contributed by atoms with van der Waals surface area (Å²) in [6.45, 7) is 5.24. The van der Waals surface area contributed by atoms with Crippen LogP contribution < -0.4 is 0 Å². The van der Waals surface area contributed by atoms with Gasteiger partial charge in [-0.15, -0.1) is 0 Å². The molecule has 2 atom stereocenters. The minimum absolute atomic E-state index is 0.123. The van der Waals surface area contributed by atoms with Gasteiger partial charge in [-0.25, -0.2) is 14.8 Å². The van der Waals surface area contributed by atoms with Crippen LogP contribution in [0.5, 0.6) is 0 Å². The van der Waals surface area contributed by atoms with Crippen LogP contribution in [0.25, 0.3) is 0 Å². The van der Waals surface area contributed by atoms with E-state index in [0.717, 1.165) is 17.8 Å². The maximum atomic E-state index is 11.9. The number of carbonyl (C=O) groups excluding carboxylic acids is 1. The summed E-state index contributed by atoms with van der Waals surface area (Å²) < 4.78 is 2.24. The number of rotatable bonds is 6. The zero-order valence-electron chi connectivity index (χ0n) is 17.5. The first kappa shape index (κ1) is 20.1. The first-order valence-electron chi connectivity index (χ1n) is 10.5. The molecular formula is C25H27N3O2. The molecular weight excluding hydrogens is 374 g/mol. The summed E-state index contributed by atoms with van der Waals surface area (Å²) in [4.78, 5) is 22.4. The molecule has 5 heteroatoms. The van der Waals surface area contributed by atoms with Crippen molar-refractivity contribution in [2.24, 2.45) is 0 Å². The van der Waals surface area contributed by atoms with E-state index in [-0.39, 0.29) is 6.04 Å². The first-order chi connectivity index (χ1) is 14.7. The molecule has 4 rings (SSSR count). The second-order valence-corrected chi connectivity index (χ2v) is 7.69. The van der Waals surface area contributed by atoms with Gasteiger partial charge in [0.2, 0.25) is 0 Å². The maximum absolute atomic E-state index is 11.9. The number of benzene rings is 2. The molecule has 2 heterocycles. The average Bonchev–Trinajstić information content (AvgIpc) is 3.31. The summed E-state index contributed by atoms with van der Waals surface area (Å²) in [5.41, 5.74) is 2.49. The molecule has 0 bridgehead atoms. The lowest BCUT2D eigenvalue weighted by molar-refractivity contribution is -0.140. The molecule has 2 aromatic carbocycles. The van der Waals surface area contributed by atoms with Gasteiger partial charge in [0.1, 0.15) is 17.5 Å². The van der Waals surface area contributed by atoms with Crippen LogP contribution in [0.1, 0.15) is 49.7 Å². The molecule has 1 fully saturated rings. The van der Waals surface area contributed by atoms with Crippen LogP contribution in [0.2, 0.25) is 0 Å². The second-order valence-electron chi connectivity index (χ2n) is 7.69. The van der Waals surface area contributed by atoms with Gasteiger partial charge >= 0.3 is 0 Å². The summed E-state index contributed by atoms with van der Waals surface area (Å²) in [6.07, 6.45) is 5.19. The van der Waals surface area contributed by atoms with Gasteiger partial charge in [0.25, 0.3) is 0 Å². The SMILES string of the molecule is CCON1CCC(c2ccccc2)(c2nccn2C(C)c2ccccc2)CC1=C=O. The predicted molar refractivity (Wildman–Crippen MR) is 116 cm³/mol. The van der Waals surface area contributed by atoms with Crippen molar-refractivity contribution in [3.63, 3.8) is 0 Å². The number of hydroxylamine groups is 2. The van der Waals surface area contributed by atoms with Crippen molar-refractivity contribution in [2.45, 2.75) is 38.1 Å². The molecule has 1 saturated heterocycles. The lowest BCUT2D eigenvalue weighted by Crippen LogP contribution is -2.44. The molecule has 5 nitrogen and oxygen atoms in total. The maximum Gasteiger partial charge on any atom is 0.148 e. The van der Waals surface area contributed by atoms with E-state index in [1.165, 1.54) is 5.56 Å². The average molecular weight is 402 g/mol. The molecule has 0 amide bonds. The van der Waals surface area contributed by atoms with Crippen LogP contribution >= 0.6 is 0 Å². The Kier molecular flexibility index (Phi) is 5.84. The molecule has 3 aromatic rings. The Morgan fingerprint density at radius 2 is 1.83 bits per heavy atom. The minimum atomic E-state index is -0.422. The summed E-state index contributed by atoms with van der Waals surface area (Å²) in [7, 11) is 0. The van der Waals surface area contributed by atoms with Crippen LogP contribution in [0.15, 0.2) is 78.8 Å². The number of allylic oxidation sites excluding steroid dienone is 1. The van der Waals surface area contributed by atoms with E-state index < -0.39 is 5.41 Å². The number of nitrogens with zero attached hydrogens (tertiary/aromatic N) is 3. The van der Waals surface area contributed by atoms with E-state index >= 15 is 0 Å². The summed E-state index contributed by atoms with van der Waals surface area (Å²) in [5, 5.41) is 1.70. The van der Waals surface area contributed by atoms with Crippen molar-refractivity contribution in [1.29, 1.82) is 0 Å². The number of aromatic nitrogens is 2. The standard InChI is InChI=1S/C25H27N3O2/c1-3-30-28-16-14-25(18-23(28)19-29,22-12-8-5-9-13-22)24-26-15-17-27(24)20(2)21-10-6-4-7-11-21/h4-13,15,17,20H,3,14,16,18H2,1-2H3. The molecule has 1 aliphatic rings. The number of hydrogen-bond acceptors (Lipinski definition) is 4. The van der Waals surface area contributed by atoms with Gasteiger partial charge in [0.15, 0.2) is 0 Å². The van der Waals surface area contributed by atoms with E-state index in [2.05, 4.69) is 53.8 Å². The largest absolute Gasteiger partial charge is 0.327 e. The lowest BCUT2D eigenvalue weighted by Gasteiger charge is -2.42. The van der Waals surface area contributed by atoms with Gasteiger partial charge in [0.05, 0.1) is 18.1 Å². The zero-order valence-corrected chi connectivity index (χ0v) is 17.5. The van der Waals surface area contributed by atoms with E-state index in [9.17, 15) is 4.79 Å². The smallest absolute Gasteiger partial charge is 0.148 e. The van der Waals surface area contributed by atoms with E-state index in [0.29, 0.717) is 25.3 Å². The quantitative estimate of drug-likeness (QED) is 0.569. The predicted octanol–water partition coefficient (Wildman–Crippen LogP) is 4.54. The van der Waals surface area contributed by atoms with Gasteiger partial charge in [0, 0.05) is 25.4 Å². The van der Waals surface area contributed by atoms with Crippen LogP contribution in [-0.4, -0.2) is 33.7 Å². The van der Waals surface area contributed by atoms with Gasteiger partial charge in [-0.3, -0.25) is 4.84 Å². The Balaban J connectivity index is 1.82. The minimum Gasteiger partial charge on any atom is -0.327 e. The third kappa shape index (κ3) is 3.58. The van der Waals surface area contributed by atoms with Gasteiger partial charge in [-0.2, -0.15) is 0 Å². The summed E-state index contributed by atoms with van der Waals surface area (Å²) in [5.74, 6) is 3.10. The Hall–Kier alpha value is -3.14. The fourth-order valence-corrected chi connectivity index (χ4v) is 4.49. The highest BCUT2D eigenvalue weighted by Crippen LogP contribution is 2.45. The van der Waals surface area contributed by atoms with E-state index in [4.69, 9.17) is 9.82 Å². The fraction of sp³-hybridized carbons (Fsp3) is 0.320. The third-order valence-corrected chi connectivity index (χ3v) is 6.04. The first-order valence-corrected chi connectivity index (χ1v) is 10.5. The molecule has 1 aliphatic heterocycles. The Morgan fingerprint density at radius 3 is 2.50 bits per heavy atom. The molecule has 0 N–H and O–H groups in total. The second kappa shape index (κ2) is 8.70. The molecule has 0 saturated carbocycles. The summed E-state index contributed by atoms with van der Waals surface area (Å²) >= 11 is 0. The van der Waals surface area contributed by atoms with Crippen LogP contribution in [0, 0.1) is 0 Å². The monoisotopic (exact) mass is 401 g/mol. The van der Waals surface area contributed by atoms with Crippen molar-refractivity contribution in [3.8, 4) is 0 Å². The molecule has 1 aromatic heterocycles. The molecule has 0 aliphatic carbocycles. The van der Waals surface area contributed by atoms with Crippen molar-refractivity contribution in [1.82, 2.24) is 14.6 Å². The number of hydrogen-bond donors (Lipinski definition) is 0. The summed E-state index contributed by atoms with van der Waals surface area (Å²) in [6, 6.07) is 20.9. The van der Waals surface area contributed by atoms with Crippen LogP contribution in [-0.2, 0) is 15.0 Å². The number of piperidine rings is 1. The topological polar surface area (TPSA) is 47.4 Å². The molecule has 2 unspecified atom stereocenters. The van der Waals surface area contributed by atoms with Crippen molar-refractivity contribution >= 4 is 5.94 Å². The van der Waals surface area contributed by atoms with Gasteiger partial charge < -0.3 is 4.57 Å². The van der Waals surface area contributed by atoms with Crippen molar-refractivity contribution < 1.29 is 9.63 Å². The molecule has 0 spiro atoms. The van der Waals surface area contributed by atoms with Gasteiger partial charge in [-0.1, -0.05) is 60.7 Å². The Labute approximate surface area is 177 Å². The van der Waals surface area contributed by atoms with Crippen molar-refractivity contribution in [2.75, 3.05) is 13.2 Å². The normalized spacial score (nSPS) is 20.1. The van der Waals surface area contributed by atoms with Crippen LogP contribution in [0.3, 0.4) is 0 Å². The molecule has 0 radical (unpaired) electrons. The highest BCUT2D eigenvalue weighted by molar-refractivity contribution is 5.54. The van der Waals surface area contributed by atoms with Gasteiger partial charge in [-0.05, 0) is 31.4 Å². The Morgan fingerprint density at radius 1 is 1.13 bits per heavy atom. The third-order valence-electron chi connectivity index (χ3n) is 6.04. The molecule has 30 heavy (non-hydrogen) atoms. The zero-order chi connectivity index (χ0) is 21.0. The highest BCUT2D eigenvalue weighted by atomic mass is 16.7. The van der Waals surface area contributed by atoms with Crippen molar-refractivity contribution in [3.05, 3.63) is 95.7 Å². The van der Waals surface area contributed by atoms with E-state index in [1.54, 1.807) is 5.06 Å². The highest BCUT2D eigenvalue weighted by Gasteiger charge is 2.44.